The number of aromatic nitrogens is 2. The van der Waals surface area contributed by atoms with Gasteiger partial charge in [-0.25, -0.2) is 4.79 Å². The van der Waals surface area contributed by atoms with E-state index in [9.17, 15) is 4.79 Å². The fraction of sp³-hybridized carbons (Fsp3) is 0.273. The molecule has 0 radical (unpaired) electrons. The molecule has 0 unspecified atom stereocenters. The molecule has 0 amide bonds. The van der Waals surface area contributed by atoms with Crippen molar-refractivity contribution in [1.82, 2.24) is 9.78 Å². The minimum absolute atomic E-state index is 0.223. The number of nitrogens with zero attached hydrogens (tertiary/aromatic N) is 2. The molecule has 0 atom stereocenters. The number of methoxy groups -OCH3 is 1. The quantitative estimate of drug-likeness (QED) is 0.789. The van der Waals surface area contributed by atoms with Crippen molar-refractivity contribution in [3.8, 4) is 0 Å². The molecule has 0 bridgehead atoms. The van der Waals surface area contributed by atoms with Gasteiger partial charge in [-0.1, -0.05) is 11.6 Å². The minimum Gasteiger partial charge on any atom is -0.463 e. The van der Waals surface area contributed by atoms with Gasteiger partial charge in [0.15, 0.2) is 0 Å². The molecule has 2 aromatic rings. The van der Waals surface area contributed by atoms with Crippen molar-refractivity contribution in [2.24, 2.45) is 0 Å². The molecular weight excluding hydrogens is 244 g/mol. The predicted molar refractivity (Wildman–Crippen MR) is 61.1 cm³/mol. The Bertz CT molecular complexity index is 545. The fourth-order valence-corrected chi connectivity index (χ4v) is 1.66. The molecule has 2 heterocycles. The summed E-state index contributed by atoms with van der Waals surface area (Å²) in [6, 6.07) is 1.78. The number of ether oxygens (including phenoxy) is 1. The third kappa shape index (κ3) is 2.50. The molecule has 0 aliphatic heterocycles. The van der Waals surface area contributed by atoms with Crippen LogP contribution in [0.2, 0.25) is 5.02 Å². The van der Waals surface area contributed by atoms with Gasteiger partial charge >= 0.3 is 5.97 Å². The van der Waals surface area contributed by atoms with Crippen molar-refractivity contribution in [3.63, 3.8) is 0 Å². The van der Waals surface area contributed by atoms with Gasteiger partial charge in [0.1, 0.15) is 5.76 Å². The molecule has 0 aliphatic rings. The van der Waals surface area contributed by atoms with Gasteiger partial charge in [-0.15, -0.1) is 0 Å². The van der Waals surface area contributed by atoms with Crippen LogP contribution in [0.4, 0.5) is 0 Å². The molecule has 5 nitrogen and oxygen atoms in total. The van der Waals surface area contributed by atoms with Crippen molar-refractivity contribution in [2.75, 3.05) is 7.11 Å². The minimum atomic E-state index is -0.479. The van der Waals surface area contributed by atoms with Crippen molar-refractivity contribution in [3.05, 3.63) is 40.6 Å². The van der Waals surface area contributed by atoms with Crippen LogP contribution < -0.4 is 0 Å². The highest BCUT2D eigenvalue weighted by Crippen LogP contribution is 2.17. The van der Waals surface area contributed by atoms with Crippen LogP contribution in [0, 0.1) is 6.92 Å². The number of halogens is 1. The molecule has 0 fully saturated rings. The van der Waals surface area contributed by atoms with Gasteiger partial charge in [-0.2, -0.15) is 5.10 Å². The second-order valence-corrected chi connectivity index (χ2v) is 4.01. The first-order valence-electron chi connectivity index (χ1n) is 4.95. The summed E-state index contributed by atoms with van der Waals surface area (Å²) in [6.45, 7) is 2.21. The number of carbonyl (C=O) groups is 1. The van der Waals surface area contributed by atoms with Crippen LogP contribution in [0.15, 0.2) is 22.9 Å². The second kappa shape index (κ2) is 4.63. The Morgan fingerprint density at radius 3 is 3.00 bits per heavy atom. The summed E-state index contributed by atoms with van der Waals surface area (Å²) in [7, 11) is 1.32. The zero-order chi connectivity index (χ0) is 12.4. The molecule has 0 aliphatic carbocycles. The van der Waals surface area contributed by atoms with Gasteiger partial charge in [0.25, 0.3) is 0 Å². The lowest BCUT2D eigenvalue weighted by molar-refractivity contribution is 0.0561. The largest absolute Gasteiger partial charge is 0.463 e. The summed E-state index contributed by atoms with van der Waals surface area (Å²) in [5.41, 5.74) is 0.741. The number of furan rings is 1. The van der Waals surface area contributed by atoms with E-state index in [4.69, 9.17) is 16.0 Å². The van der Waals surface area contributed by atoms with E-state index in [2.05, 4.69) is 9.84 Å². The molecule has 0 aromatic carbocycles. The molecule has 0 N–H and O–H groups in total. The smallest absolute Gasteiger partial charge is 0.374 e. The number of carbonyl (C=O) groups excluding carboxylic acids is 1. The molecule has 0 spiro atoms. The SMILES string of the molecule is COC(=O)c1oc(Cn2cc(Cl)cn2)cc1C. The summed E-state index contributed by atoms with van der Waals surface area (Å²) in [5, 5.41) is 4.58. The highest BCUT2D eigenvalue weighted by molar-refractivity contribution is 6.30. The van der Waals surface area contributed by atoms with Crippen LogP contribution in [0.1, 0.15) is 21.9 Å². The number of esters is 1. The summed E-state index contributed by atoms with van der Waals surface area (Å²) in [5.74, 6) is 0.371. The van der Waals surface area contributed by atoms with Gasteiger partial charge in [0.05, 0.1) is 24.9 Å². The molecule has 2 aromatic heterocycles. The lowest BCUT2D eigenvalue weighted by atomic mass is 10.2. The van der Waals surface area contributed by atoms with E-state index in [-0.39, 0.29) is 5.76 Å². The van der Waals surface area contributed by atoms with E-state index in [1.807, 2.05) is 0 Å². The van der Waals surface area contributed by atoms with Crippen LogP contribution in [0.5, 0.6) is 0 Å². The molecule has 17 heavy (non-hydrogen) atoms. The topological polar surface area (TPSA) is 57.3 Å². The Morgan fingerprint density at radius 2 is 2.41 bits per heavy atom. The monoisotopic (exact) mass is 254 g/mol. The van der Waals surface area contributed by atoms with E-state index in [0.29, 0.717) is 17.3 Å². The summed E-state index contributed by atoms with van der Waals surface area (Å²) >= 11 is 5.75. The van der Waals surface area contributed by atoms with Crippen LogP contribution >= 0.6 is 11.6 Å². The second-order valence-electron chi connectivity index (χ2n) is 3.57. The first kappa shape index (κ1) is 11.7. The Kier molecular flexibility index (Phi) is 3.19. The van der Waals surface area contributed by atoms with Gasteiger partial charge < -0.3 is 9.15 Å². The highest BCUT2D eigenvalue weighted by atomic mass is 35.5. The predicted octanol–water partition coefficient (Wildman–Crippen LogP) is 2.27. The number of aryl methyl sites for hydroxylation is 1. The maximum atomic E-state index is 11.3. The maximum absolute atomic E-state index is 11.3. The van der Waals surface area contributed by atoms with E-state index < -0.39 is 5.97 Å². The zero-order valence-corrected chi connectivity index (χ0v) is 10.2. The fourth-order valence-electron chi connectivity index (χ4n) is 1.51. The van der Waals surface area contributed by atoms with Crippen LogP contribution in [0.25, 0.3) is 0 Å². The van der Waals surface area contributed by atoms with Crippen molar-refractivity contribution in [1.29, 1.82) is 0 Å². The van der Waals surface area contributed by atoms with E-state index >= 15 is 0 Å². The third-order valence-electron chi connectivity index (χ3n) is 2.26. The Labute approximate surface area is 103 Å². The molecular formula is C11H11ClN2O3. The lowest BCUT2D eigenvalue weighted by Crippen LogP contribution is -2.01. The molecule has 0 saturated heterocycles. The maximum Gasteiger partial charge on any atom is 0.374 e. The highest BCUT2D eigenvalue weighted by Gasteiger charge is 2.16. The zero-order valence-electron chi connectivity index (χ0n) is 9.44. The average molecular weight is 255 g/mol. The van der Waals surface area contributed by atoms with E-state index in [0.717, 1.165) is 5.56 Å². The molecule has 6 heteroatoms. The van der Waals surface area contributed by atoms with Crippen molar-refractivity contribution in [2.45, 2.75) is 13.5 Å². The van der Waals surface area contributed by atoms with Gasteiger partial charge in [0, 0.05) is 11.8 Å². The molecule has 2 rings (SSSR count). The lowest BCUT2D eigenvalue weighted by Gasteiger charge is -1.97. The van der Waals surface area contributed by atoms with E-state index in [1.165, 1.54) is 7.11 Å². The van der Waals surface area contributed by atoms with Crippen LogP contribution in [-0.4, -0.2) is 22.9 Å². The summed E-state index contributed by atoms with van der Waals surface area (Å²) in [6.07, 6.45) is 3.22. The number of hydrogen-bond acceptors (Lipinski definition) is 4. The summed E-state index contributed by atoms with van der Waals surface area (Å²) in [4.78, 5) is 11.3. The first-order chi connectivity index (χ1) is 8.10. The van der Waals surface area contributed by atoms with Crippen LogP contribution in [0.3, 0.4) is 0 Å². The average Bonchev–Trinajstić information content (AvgIpc) is 2.85. The van der Waals surface area contributed by atoms with Gasteiger partial charge in [0.2, 0.25) is 5.76 Å². The van der Waals surface area contributed by atoms with Crippen molar-refractivity contribution >= 4 is 17.6 Å². The van der Waals surface area contributed by atoms with Gasteiger partial charge in [-0.05, 0) is 13.0 Å². The Morgan fingerprint density at radius 1 is 1.65 bits per heavy atom. The van der Waals surface area contributed by atoms with Crippen LogP contribution in [-0.2, 0) is 11.3 Å². The van der Waals surface area contributed by atoms with Crippen molar-refractivity contribution < 1.29 is 13.9 Å². The number of rotatable bonds is 3. The first-order valence-corrected chi connectivity index (χ1v) is 5.33. The Balaban J connectivity index is 2.20. The molecule has 90 valence electrons. The van der Waals surface area contributed by atoms with E-state index in [1.54, 1.807) is 30.1 Å². The summed E-state index contributed by atoms with van der Waals surface area (Å²) < 4.78 is 11.6. The third-order valence-corrected chi connectivity index (χ3v) is 2.45. The molecule has 0 saturated carbocycles. The van der Waals surface area contributed by atoms with Gasteiger partial charge in [-0.3, -0.25) is 4.68 Å². The number of hydrogen-bond donors (Lipinski definition) is 0. The standard InChI is InChI=1S/C11H11ClN2O3/c1-7-3-9(17-10(7)11(15)16-2)6-14-5-8(12)4-13-14/h3-5H,6H2,1-2H3. The normalized spacial score (nSPS) is 10.5. The Hall–Kier alpha value is -1.75.